The van der Waals surface area contributed by atoms with E-state index in [0.717, 1.165) is 5.56 Å². The Morgan fingerprint density at radius 3 is 2.61 bits per heavy atom. The second-order valence-electron chi connectivity index (χ2n) is 7.59. The van der Waals surface area contributed by atoms with E-state index in [-0.39, 0.29) is 16.8 Å². The molecule has 4 aromatic rings. The molecular weight excluding hydrogens is 418 g/mol. The smallest absolute Gasteiger partial charge is 0.358 e. The Morgan fingerprint density at radius 2 is 1.90 bits per heavy atom. The summed E-state index contributed by atoms with van der Waals surface area (Å²) in [5.74, 6) is 1.60. The van der Waals surface area contributed by atoms with Gasteiger partial charge in [0.1, 0.15) is 6.20 Å². The quantitative estimate of drug-likeness (QED) is 0.343. The minimum Gasteiger partial charge on any atom is -0.358 e. The molecule has 3 aromatic heterocycles. The number of nitro groups is 1. The number of aryl methyl sites for hydroxylation is 1. The number of hydrogen-bond donors (Lipinski definition) is 0. The van der Waals surface area contributed by atoms with Gasteiger partial charge in [-0.25, -0.2) is 0 Å². The number of hydrogen-bond acceptors (Lipinski definition) is 9. The van der Waals surface area contributed by atoms with E-state index in [9.17, 15) is 10.1 Å². The third kappa shape index (κ3) is 3.55. The van der Waals surface area contributed by atoms with Crippen LogP contribution in [0.3, 0.4) is 0 Å². The molecule has 0 saturated carbocycles. The van der Waals surface area contributed by atoms with Crippen LogP contribution in [0.25, 0.3) is 16.3 Å². The summed E-state index contributed by atoms with van der Waals surface area (Å²) < 4.78 is 7.08. The fraction of sp³-hybridized carbons (Fsp3) is 0.350. The van der Waals surface area contributed by atoms with Crippen molar-refractivity contribution in [1.82, 2.24) is 24.4 Å². The Hall–Kier alpha value is -3.31. The van der Waals surface area contributed by atoms with E-state index in [1.807, 2.05) is 43.0 Å². The zero-order valence-electron chi connectivity index (χ0n) is 17.1. The third-order valence-electron chi connectivity index (χ3n) is 5.66. The molecular formula is C20H21N7O3S. The molecule has 0 aliphatic carbocycles. The lowest BCUT2D eigenvalue weighted by Crippen LogP contribution is -2.47. The summed E-state index contributed by atoms with van der Waals surface area (Å²) >= 11 is 1.39. The van der Waals surface area contributed by atoms with Gasteiger partial charge < -0.3 is 19.5 Å². The highest BCUT2D eigenvalue weighted by Gasteiger charge is 2.32. The molecule has 0 N–H and O–H groups in total. The molecule has 1 saturated heterocycles. The van der Waals surface area contributed by atoms with Gasteiger partial charge in [-0.3, -0.25) is 4.90 Å². The van der Waals surface area contributed by atoms with Gasteiger partial charge in [-0.2, -0.15) is 14.4 Å². The molecule has 10 nitrogen and oxygen atoms in total. The second-order valence-corrected chi connectivity index (χ2v) is 8.47. The van der Waals surface area contributed by atoms with E-state index in [1.54, 1.807) is 16.0 Å². The van der Waals surface area contributed by atoms with Crippen LogP contribution in [-0.4, -0.2) is 55.5 Å². The van der Waals surface area contributed by atoms with Crippen LogP contribution in [0, 0.1) is 17.0 Å². The highest BCUT2D eigenvalue weighted by molar-refractivity contribution is 7.15. The van der Waals surface area contributed by atoms with E-state index in [2.05, 4.69) is 20.0 Å². The topological polar surface area (TPSA) is 106 Å². The van der Waals surface area contributed by atoms with E-state index in [1.165, 1.54) is 16.9 Å². The highest BCUT2D eigenvalue weighted by atomic mass is 32.1. The molecule has 1 fully saturated rings. The van der Waals surface area contributed by atoms with Gasteiger partial charge in [-0.05, 0) is 18.8 Å². The minimum atomic E-state index is -0.359. The molecule has 1 atom stereocenters. The highest BCUT2D eigenvalue weighted by Crippen LogP contribution is 2.32. The van der Waals surface area contributed by atoms with E-state index in [4.69, 9.17) is 4.52 Å². The predicted molar refractivity (Wildman–Crippen MR) is 116 cm³/mol. The Balaban J connectivity index is 1.29. The van der Waals surface area contributed by atoms with Crippen molar-refractivity contribution >= 4 is 27.9 Å². The first-order valence-electron chi connectivity index (χ1n) is 10.0. The Bertz CT molecular complexity index is 1220. The molecule has 5 rings (SSSR count). The number of thiazole rings is 1. The number of piperazine rings is 1. The second kappa shape index (κ2) is 7.75. The summed E-state index contributed by atoms with van der Waals surface area (Å²) in [6, 6.07) is 7.96. The maximum atomic E-state index is 11.6. The predicted octanol–water partition coefficient (Wildman–Crippen LogP) is 3.55. The molecule has 1 aromatic carbocycles. The maximum absolute atomic E-state index is 11.6. The lowest BCUT2D eigenvalue weighted by Gasteiger charge is -2.36. The van der Waals surface area contributed by atoms with Crippen molar-refractivity contribution in [2.45, 2.75) is 19.9 Å². The fourth-order valence-electron chi connectivity index (χ4n) is 3.85. The Kier molecular flexibility index (Phi) is 4.91. The first-order chi connectivity index (χ1) is 15.0. The summed E-state index contributed by atoms with van der Waals surface area (Å²) in [7, 11) is 0. The van der Waals surface area contributed by atoms with E-state index in [0.29, 0.717) is 48.7 Å². The van der Waals surface area contributed by atoms with Crippen molar-refractivity contribution in [3.63, 3.8) is 0 Å². The average molecular weight is 440 g/mol. The SMILES string of the molecule is Cc1ccc(-c2noc(C(C)N3CCN(c4nc5sccn5c4[N+](=O)[O-])CC3)n2)cc1. The van der Waals surface area contributed by atoms with Crippen LogP contribution in [0.15, 0.2) is 40.4 Å². The Labute approximate surface area is 181 Å². The van der Waals surface area contributed by atoms with Gasteiger partial charge in [-0.1, -0.05) is 46.3 Å². The van der Waals surface area contributed by atoms with Gasteiger partial charge in [0.05, 0.1) is 6.04 Å². The molecule has 1 unspecified atom stereocenters. The summed E-state index contributed by atoms with van der Waals surface area (Å²) in [4.78, 5) is 25.2. The molecule has 160 valence electrons. The van der Waals surface area contributed by atoms with Gasteiger partial charge in [0.2, 0.25) is 17.5 Å². The van der Waals surface area contributed by atoms with Crippen molar-refractivity contribution < 1.29 is 9.45 Å². The number of anilines is 1. The average Bonchev–Trinajstić information content (AvgIpc) is 3.49. The Morgan fingerprint density at radius 1 is 1.16 bits per heavy atom. The molecule has 1 aliphatic heterocycles. The van der Waals surface area contributed by atoms with Crippen LogP contribution in [0.5, 0.6) is 0 Å². The van der Waals surface area contributed by atoms with E-state index >= 15 is 0 Å². The monoisotopic (exact) mass is 439 g/mol. The fourth-order valence-corrected chi connectivity index (χ4v) is 4.55. The van der Waals surface area contributed by atoms with Crippen LogP contribution >= 0.6 is 11.3 Å². The minimum absolute atomic E-state index is 0.0254. The van der Waals surface area contributed by atoms with Gasteiger partial charge in [0.25, 0.3) is 4.96 Å². The molecule has 0 spiro atoms. The molecule has 0 radical (unpaired) electrons. The van der Waals surface area contributed by atoms with Gasteiger partial charge in [0.15, 0.2) is 0 Å². The molecule has 0 amide bonds. The van der Waals surface area contributed by atoms with Gasteiger partial charge in [0, 0.05) is 37.1 Å². The third-order valence-corrected chi connectivity index (χ3v) is 6.42. The summed E-state index contributed by atoms with van der Waals surface area (Å²) in [6.45, 7) is 6.77. The lowest BCUT2D eigenvalue weighted by atomic mass is 10.1. The van der Waals surface area contributed by atoms with Crippen molar-refractivity contribution in [2.75, 3.05) is 31.1 Å². The summed E-state index contributed by atoms with van der Waals surface area (Å²) in [6.07, 6.45) is 1.69. The van der Waals surface area contributed by atoms with Crippen LogP contribution in [0.1, 0.15) is 24.4 Å². The van der Waals surface area contributed by atoms with Crippen molar-refractivity contribution in [1.29, 1.82) is 0 Å². The molecule has 4 heterocycles. The zero-order valence-corrected chi connectivity index (χ0v) is 17.9. The van der Waals surface area contributed by atoms with E-state index < -0.39 is 0 Å². The number of rotatable bonds is 5. The van der Waals surface area contributed by atoms with Crippen molar-refractivity contribution in [3.8, 4) is 11.4 Å². The number of benzene rings is 1. The van der Waals surface area contributed by atoms with Gasteiger partial charge >= 0.3 is 5.82 Å². The largest absolute Gasteiger partial charge is 0.373 e. The molecule has 31 heavy (non-hydrogen) atoms. The van der Waals surface area contributed by atoms with Crippen molar-refractivity contribution in [3.05, 3.63) is 57.4 Å². The number of nitrogens with zero attached hydrogens (tertiary/aromatic N) is 7. The number of aromatic nitrogens is 4. The summed E-state index contributed by atoms with van der Waals surface area (Å²) in [5, 5.41) is 17.6. The molecule has 1 aliphatic rings. The number of imidazole rings is 1. The molecule has 11 heteroatoms. The van der Waals surface area contributed by atoms with Crippen LogP contribution < -0.4 is 4.90 Å². The normalized spacial score (nSPS) is 16.1. The summed E-state index contributed by atoms with van der Waals surface area (Å²) in [5.41, 5.74) is 2.10. The van der Waals surface area contributed by atoms with Crippen molar-refractivity contribution in [2.24, 2.45) is 0 Å². The lowest BCUT2D eigenvalue weighted by molar-refractivity contribution is -0.389. The first-order valence-corrected chi connectivity index (χ1v) is 10.9. The molecule has 0 bridgehead atoms. The van der Waals surface area contributed by atoms with Crippen LogP contribution in [-0.2, 0) is 0 Å². The standard InChI is InChI=1S/C20H21N7O3S/c1-13-3-5-15(6-4-13)16-21-18(30-23-16)14(2)24-7-9-25(10-8-24)17-19(27(28)29)26-11-12-31-20(26)22-17/h3-6,11-12,14H,7-10H2,1-2H3. The van der Waals surface area contributed by atoms with Crippen LogP contribution in [0.2, 0.25) is 0 Å². The number of fused-ring (bicyclic) bond motifs is 1. The maximum Gasteiger partial charge on any atom is 0.373 e. The zero-order chi connectivity index (χ0) is 21.5. The van der Waals surface area contributed by atoms with Crippen LogP contribution in [0.4, 0.5) is 11.6 Å². The first kappa shape index (κ1) is 19.6. The van der Waals surface area contributed by atoms with Gasteiger partial charge in [-0.15, -0.1) is 0 Å².